The molecule has 44 heavy (non-hydrogen) atoms. The fraction of sp³-hybridized carbons (Fsp3) is 0.486. The van der Waals surface area contributed by atoms with Gasteiger partial charge in [0.1, 0.15) is 24.5 Å². The van der Waals surface area contributed by atoms with Crippen molar-refractivity contribution < 1.29 is 9.30 Å². The number of hydrogen-bond donors (Lipinski definition) is 1. The molecule has 3 aromatic rings. The summed E-state index contributed by atoms with van der Waals surface area (Å²) in [5.74, 6) is 2.41. The molecule has 3 aliphatic rings. The largest absolute Gasteiger partial charge is 0.491 e. The van der Waals surface area contributed by atoms with E-state index in [0.29, 0.717) is 12.5 Å². The van der Waals surface area contributed by atoms with Gasteiger partial charge in [-0.3, -0.25) is 4.90 Å². The lowest BCUT2D eigenvalue weighted by Crippen LogP contribution is -2.52. The summed E-state index contributed by atoms with van der Waals surface area (Å²) in [6.07, 6.45) is 8.01. The van der Waals surface area contributed by atoms with Crippen LogP contribution in [-0.4, -0.2) is 91.6 Å². The normalized spacial score (nSPS) is 18.2. The van der Waals surface area contributed by atoms with E-state index in [1.807, 2.05) is 24.3 Å². The first-order valence-corrected chi connectivity index (χ1v) is 18.7. The van der Waals surface area contributed by atoms with E-state index in [9.17, 15) is 4.57 Å². The zero-order chi connectivity index (χ0) is 30.8. The van der Waals surface area contributed by atoms with Crippen LogP contribution in [-0.2, 0) is 17.4 Å². The Bertz CT molecular complexity index is 1550. The summed E-state index contributed by atoms with van der Waals surface area (Å²) in [4.78, 5) is 17.6. The average Bonchev–Trinajstić information content (AvgIpc) is 3.47. The molecule has 2 saturated heterocycles. The van der Waals surface area contributed by atoms with Crippen LogP contribution in [0.5, 0.6) is 5.75 Å². The number of ether oxygens (including phenoxy) is 1. The first kappa shape index (κ1) is 30.8. The number of nitrogens with zero attached hydrogens (tertiary/aromatic N) is 5. The molecule has 1 aliphatic carbocycles. The highest BCUT2D eigenvalue weighted by Crippen LogP contribution is 2.39. The van der Waals surface area contributed by atoms with Crippen molar-refractivity contribution in [2.75, 3.05) is 69.9 Å². The topological polar surface area (TPSA) is 73.8 Å². The molecule has 1 N–H and O–H groups in total. The van der Waals surface area contributed by atoms with Crippen LogP contribution in [0.4, 0.5) is 17.2 Å². The summed E-state index contributed by atoms with van der Waals surface area (Å²) in [5.41, 5.74) is 5.15. The molecule has 0 radical (unpaired) electrons. The van der Waals surface area contributed by atoms with Crippen LogP contribution in [0.3, 0.4) is 0 Å². The molecule has 2 fully saturated rings. The van der Waals surface area contributed by atoms with Crippen LogP contribution >= 0.6 is 7.14 Å². The second-order valence-corrected chi connectivity index (χ2v) is 16.3. The Morgan fingerprint density at radius 3 is 2.48 bits per heavy atom. The fourth-order valence-corrected chi connectivity index (χ4v) is 7.79. The Morgan fingerprint density at radius 1 is 1.00 bits per heavy atom. The van der Waals surface area contributed by atoms with E-state index in [1.54, 1.807) is 13.3 Å². The molecule has 234 valence electrons. The minimum absolute atomic E-state index is 0.0598. The van der Waals surface area contributed by atoms with Gasteiger partial charge in [-0.1, -0.05) is 30.4 Å². The summed E-state index contributed by atoms with van der Waals surface area (Å²) in [7, 11) is -0.254. The Labute approximate surface area is 262 Å². The Balaban J connectivity index is 1.22. The minimum Gasteiger partial charge on any atom is -0.491 e. The molecule has 0 atom stereocenters. The van der Waals surface area contributed by atoms with E-state index < -0.39 is 7.14 Å². The maximum atomic E-state index is 13.0. The van der Waals surface area contributed by atoms with Crippen molar-refractivity contribution in [3.8, 4) is 5.75 Å². The lowest BCUT2D eigenvalue weighted by Gasteiger charge is -2.42. The predicted molar refractivity (Wildman–Crippen MR) is 183 cm³/mol. The highest BCUT2D eigenvalue weighted by atomic mass is 31.2. The number of allylic oxidation sites excluding steroid dienone is 1. The zero-order valence-electron chi connectivity index (χ0n) is 26.9. The summed E-state index contributed by atoms with van der Waals surface area (Å²) < 4.78 is 19.4. The molecule has 0 spiro atoms. The lowest BCUT2D eigenvalue weighted by molar-refractivity contribution is 0.0982. The van der Waals surface area contributed by atoms with Gasteiger partial charge in [0.2, 0.25) is 0 Å². The Kier molecular flexibility index (Phi) is 9.13. The van der Waals surface area contributed by atoms with E-state index >= 15 is 0 Å². The molecule has 1 aromatic heterocycles. The van der Waals surface area contributed by atoms with Crippen molar-refractivity contribution in [3.63, 3.8) is 0 Å². The number of likely N-dealkylation sites (N-methyl/N-ethyl adjacent to an activating group) is 1. The molecule has 9 heteroatoms. The molecule has 0 unspecified atom stereocenters. The SMILES string of the molecule is CC(C)Oc1cc(N2CCC(N3CCN(C)CC3)CC2)ccc1Cc1nc2c(c(Nc3ccccc3P(C)(C)=O)n1)C=CC2. The predicted octanol–water partition coefficient (Wildman–Crippen LogP) is 5.63. The summed E-state index contributed by atoms with van der Waals surface area (Å²) >= 11 is 0. The molecule has 2 aliphatic heterocycles. The molecule has 6 rings (SSSR count). The average molecular weight is 615 g/mol. The maximum absolute atomic E-state index is 13.0. The van der Waals surface area contributed by atoms with Gasteiger partial charge in [0.25, 0.3) is 0 Å². The van der Waals surface area contributed by atoms with Crippen molar-refractivity contribution in [2.24, 2.45) is 0 Å². The second kappa shape index (κ2) is 13.0. The first-order chi connectivity index (χ1) is 21.1. The number of anilines is 3. The van der Waals surface area contributed by atoms with Crippen LogP contribution in [0, 0.1) is 0 Å². The maximum Gasteiger partial charge on any atom is 0.141 e. The van der Waals surface area contributed by atoms with Crippen molar-refractivity contribution in [1.29, 1.82) is 0 Å². The van der Waals surface area contributed by atoms with E-state index in [0.717, 1.165) is 64.7 Å². The van der Waals surface area contributed by atoms with Crippen LogP contribution in [0.25, 0.3) is 6.08 Å². The molecule has 8 nitrogen and oxygen atoms in total. The smallest absolute Gasteiger partial charge is 0.141 e. The van der Waals surface area contributed by atoms with Crippen LogP contribution in [0.1, 0.15) is 49.3 Å². The Morgan fingerprint density at radius 2 is 1.75 bits per heavy atom. The van der Waals surface area contributed by atoms with Gasteiger partial charge in [0.15, 0.2) is 0 Å². The molecule has 0 amide bonds. The first-order valence-electron chi connectivity index (χ1n) is 16.1. The third-order valence-corrected chi connectivity index (χ3v) is 10.6. The lowest BCUT2D eigenvalue weighted by atomic mass is 10.0. The molecular weight excluding hydrogens is 567 g/mol. The molecule has 0 bridgehead atoms. The standard InChI is InChI=1S/C35H47N6O2P/c1-25(2)43-32-24-28(40-17-15-27(16-18-40)41-21-19-39(3)20-22-41)14-13-26(32)23-34-36-30-11-8-9-29(30)35(38-34)37-31-10-6-7-12-33(31)44(4,5)42/h6-10,12-14,24-25,27H,11,15-23H2,1-5H3,(H,36,37,38). The van der Waals surface area contributed by atoms with Gasteiger partial charge in [-0.05, 0) is 65.3 Å². The number of rotatable bonds is 9. The fourth-order valence-electron chi connectivity index (χ4n) is 6.63. The number of nitrogens with one attached hydrogen (secondary N) is 1. The number of piperazine rings is 1. The highest BCUT2D eigenvalue weighted by Gasteiger charge is 2.27. The van der Waals surface area contributed by atoms with Gasteiger partial charge in [-0.2, -0.15) is 0 Å². The van der Waals surface area contributed by atoms with Crippen LogP contribution < -0.4 is 20.3 Å². The number of aromatic nitrogens is 2. The number of para-hydroxylation sites is 1. The summed E-state index contributed by atoms with van der Waals surface area (Å²) in [6, 6.07) is 15.2. The quantitative estimate of drug-likeness (QED) is 0.311. The van der Waals surface area contributed by atoms with Gasteiger partial charge in [0, 0.05) is 86.3 Å². The van der Waals surface area contributed by atoms with Gasteiger partial charge < -0.3 is 24.4 Å². The van der Waals surface area contributed by atoms with E-state index in [-0.39, 0.29) is 6.10 Å². The number of benzene rings is 2. The van der Waals surface area contributed by atoms with Crippen molar-refractivity contribution >= 4 is 35.7 Å². The van der Waals surface area contributed by atoms with Crippen molar-refractivity contribution in [2.45, 2.75) is 51.7 Å². The van der Waals surface area contributed by atoms with Crippen molar-refractivity contribution in [3.05, 3.63) is 71.2 Å². The van der Waals surface area contributed by atoms with Gasteiger partial charge in [-0.25, -0.2) is 9.97 Å². The molecule has 3 heterocycles. The molecule has 2 aromatic carbocycles. The zero-order valence-corrected chi connectivity index (χ0v) is 27.8. The van der Waals surface area contributed by atoms with Crippen LogP contribution in [0.2, 0.25) is 0 Å². The second-order valence-electron chi connectivity index (χ2n) is 13.1. The highest BCUT2D eigenvalue weighted by molar-refractivity contribution is 7.70. The molecular formula is C35H47N6O2P. The summed E-state index contributed by atoms with van der Waals surface area (Å²) in [6.45, 7) is 14.6. The van der Waals surface area contributed by atoms with E-state index in [4.69, 9.17) is 14.7 Å². The Hall–Kier alpha value is -3.19. The monoisotopic (exact) mass is 614 g/mol. The third kappa shape index (κ3) is 7.03. The van der Waals surface area contributed by atoms with Gasteiger partial charge >= 0.3 is 0 Å². The van der Waals surface area contributed by atoms with E-state index in [2.05, 4.69) is 71.3 Å². The number of hydrogen-bond acceptors (Lipinski definition) is 8. The van der Waals surface area contributed by atoms with E-state index in [1.165, 1.54) is 44.7 Å². The summed E-state index contributed by atoms with van der Waals surface area (Å²) in [5, 5.41) is 4.34. The van der Waals surface area contributed by atoms with Gasteiger partial charge in [-0.15, -0.1) is 0 Å². The minimum atomic E-state index is -2.48. The van der Waals surface area contributed by atoms with Crippen molar-refractivity contribution in [1.82, 2.24) is 19.8 Å². The van der Waals surface area contributed by atoms with Crippen LogP contribution in [0.15, 0.2) is 48.5 Å². The molecule has 0 saturated carbocycles. The number of piperidine rings is 1. The third-order valence-electron chi connectivity index (χ3n) is 9.05. The number of fused-ring (bicyclic) bond motifs is 1. The van der Waals surface area contributed by atoms with Gasteiger partial charge in [0.05, 0.1) is 17.5 Å².